The monoisotopic (exact) mass is 172 g/mol. The first-order valence-electron chi connectivity index (χ1n) is 3.74. The molecule has 2 rings (SSSR count). The molecule has 66 valence electrons. The summed E-state index contributed by atoms with van der Waals surface area (Å²) in [6, 6.07) is 0. The van der Waals surface area contributed by atoms with Gasteiger partial charge in [-0.2, -0.15) is 0 Å². The van der Waals surface area contributed by atoms with Gasteiger partial charge in [0, 0.05) is 0 Å². The van der Waals surface area contributed by atoms with Crippen LogP contribution in [0.4, 0.5) is 0 Å². The van der Waals surface area contributed by atoms with Crippen molar-refractivity contribution in [2.75, 3.05) is 13.2 Å². The van der Waals surface area contributed by atoms with Gasteiger partial charge in [0.2, 0.25) is 0 Å². The van der Waals surface area contributed by atoms with Crippen LogP contribution in [0.15, 0.2) is 0 Å². The number of fused-ring (bicyclic) bond motifs is 1. The molecule has 0 aliphatic carbocycles. The zero-order valence-corrected chi connectivity index (χ0v) is 6.38. The first-order chi connectivity index (χ1) is 5.70. The third-order valence-corrected chi connectivity index (χ3v) is 2.36. The molecule has 0 bridgehead atoms. The Kier molecular flexibility index (Phi) is 1.59. The van der Waals surface area contributed by atoms with Gasteiger partial charge in [-0.15, -0.1) is 0 Å². The molecule has 12 heavy (non-hydrogen) atoms. The summed E-state index contributed by atoms with van der Waals surface area (Å²) in [7, 11) is 0. The van der Waals surface area contributed by atoms with Crippen molar-refractivity contribution in [1.29, 1.82) is 0 Å². The average molecular weight is 172 g/mol. The molecule has 2 aliphatic heterocycles. The van der Waals surface area contributed by atoms with Crippen LogP contribution in [-0.2, 0) is 9.47 Å². The second-order valence-corrected chi connectivity index (χ2v) is 3.03. The molecular formula is C7H10NO4+. The summed E-state index contributed by atoms with van der Waals surface area (Å²) in [6.07, 6.45) is -2.27. The van der Waals surface area contributed by atoms with E-state index in [4.69, 9.17) is 16.0 Å². The average Bonchev–Trinajstić information content (AvgIpc) is 2.55. The third kappa shape index (κ3) is 0.753. The van der Waals surface area contributed by atoms with E-state index in [1.54, 1.807) is 0 Å². The van der Waals surface area contributed by atoms with Gasteiger partial charge in [-0.1, -0.05) is 0 Å². The van der Waals surface area contributed by atoms with E-state index in [-0.39, 0.29) is 13.2 Å². The molecule has 2 saturated heterocycles. The summed E-state index contributed by atoms with van der Waals surface area (Å²) in [4.78, 5) is 3.46. The van der Waals surface area contributed by atoms with Crippen LogP contribution in [0.3, 0.4) is 0 Å². The van der Waals surface area contributed by atoms with E-state index >= 15 is 0 Å². The van der Waals surface area contributed by atoms with Gasteiger partial charge in [0.15, 0.2) is 12.2 Å². The molecule has 0 aromatic rings. The van der Waals surface area contributed by atoms with Crippen LogP contribution in [0.5, 0.6) is 0 Å². The summed E-state index contributed by atoms with van der Waals surface area (Å²) in [5, 5.41) is 18.8. The molecule has 4 atom stereocenters. The second-order valence-electron chi connectivity index (χ2n) is 3.03. The molecule has 0 radical (unpaired) electrons. The van der Waals surface area contributed by atoms with Crippen LogP contribution in [0.25, 0.3) is 4.85 Å². The van der Waals surface area contributed by atoms with Crippen LogP contribution in [0, 0.1) is 6.57 Å². The highest BCUT2D eigenvalue weighted by molar-refractivity contribution is 5.13. The number of nitrogens with zero attached hydrogens (tertiary/aromatic N) is 1. The predicted molar refractivity (Wildman–Crippen MR) is 38.7 cm³/mol. The maximum atomic E-state index is 9.43. The minimum atomic E-state index is -1.24. The minimum Gasteiger partial charge on any atom is -0.388 e. The summed E-state index contributed by atoms with van der Waals surface area (Å²) >= 11 is 0. The molecule has 2 N–H and O–H groups in total. The minimum absolute atomic E-state index is 0.0996. The number of ether oxygens (including phenoxy) is 2. The fourth-order valence-corrected chi connectivity index (χ4v) is 1.69. The molecule has 0 amide bonds. The zero-order valence-electron chi connectivity index (χ0n) is 6.38. The fourth-order valence-electron chi connectivity index (χ4n) is 1.69. The van der Waals surface area contributed by atoms with Crippen molar-refractivity contribution in [2.45, 2.75) is 24.0 Å². The predicted octanol–water partition coefficient (Wildman–Crippen LogP) is -1.20. The topological polar surface area (TPSA) is 63.3 Å². The lowest BCUT2D eigenvalue weighted by Gasteiger charge is -2.11. The lowest BCUT2D eigenvalue weighted by atomic mass is 10.0. The Balaban J connectivity index is 2.32. The molecule has 0 aromatic heterocycles. The maximum absolute atomic E-state index is 9.43. The first kappa shape index (κ1) is 7.95. The van der Waals surface area contributed by atoms with E-state index in [1.807, 2.05) is 0 Å². The van der Waals surface area contributed by atoms with Gasteiger partial charge in [-0.3, -0.25) is 4.74 Å². The van der Waals surface area contributed by atoms with Gasteiger partial charge in [0.25, 0.3) is 6.57 Å². The largest absolute Gasteiger partial charge is 0.441 e. The van der Waals surface area contributed by atoms with Crippen LogP contribution in [-0.4, -0.2) is 47.5 Å². The van der Waals surface area contributed by atoms with Gasteiger partial charge in [-0.05, 0) is 4.85 Å². The molecule has 2 fully saturated rings. The molecule has 5 nitrogen and oxygen atoms in total. The number of aliphatic hydroxyl groups is 2. The van der Waals surface area contributed by atoms with Crippen LogP contribution in [0.2, 0.25) is 0 Å². The van der Waals surface area contributed by atoms with Gasteiger partial charge in [0.1, 0.15) is 6.10 Å². The van der Waals surface area contributed by atoms with Crippen LogP contribution in [0.1, 0.15) is 0 Å². The number of hydrogen-bond acceptors (Lipinski definition) is 4. The van der Waals surface area contributed by atoms with E-state index in [0.717, 1.165) is 0 Å². The molecule has 0 aromatic carbocycles. The number of rotatable bonds is 0. The summed E-state index contributed by atoms with van der Waals surface area (Å²) in [6.45, 7) is 5.31. The number of hydrogen-bond donors (Lipinski definition) is 2. The summed E-state index contributed by atoms with van der Waals surface area (Å²) < 4.78 is 10.2. The Morgan fingerprint density at radius 1 is 1.42 bits per heavy atom. The van der Waals surface area contributed by atoms with Gasteiger partial charge in [-0.25, -0.2) is 0 Å². The van der Waals surface area contributed by atoms with Crippen molar-refractivity contribution >= 4 is 0 Å². The second kappa shape index (κ2) is 2.41. The molecule has 2 heterocycles. The number of aliphatic hydroxyl groups excluding tert-OH is 2. The van der Waals surface area contributed by atoms with Crippen molar-refractivity contribution < 1.29 is 19.7 Å². The fraction of sp³-hybridized carbons (Fsp3) is 0.857. The van der Waals surface area contributed by atoms with Gasteiger partial charge in [0.05, 0.1) is 13.2 Å². The molecule has 2 aliphatic rings. The Bertz CT molecular complexity index is 238. The molecule has 5 heteroatoms. The summed E-state index contributed by atoms with van der Waals surface area (Å²) in [5.74, 6) is 0. The smallest absolute Gasteiger partial charge is 0.388 e. The molecule has 0 unspecified atom stereocenters. The SMILES string of the molecule is C#[N+][C@@]12OC[C@H](O)[C@@H]1OC[C@@H]2O. The lowest BCUT2D eigenvalue weighted by molar-refractivity contribution is -0.0417. The Morgan fingerprint density at radius 3 is 2.75 bits per heavy atom. The Labute approximate surface area is 69.3 Å². The normalized spacial score (nSPS) is 51.9. The molecular weight excluding hydrogens is 162 g/mol. The zero-order chi connectivity index (χ0) is 8.77. The van der Waals surface area contributed by atoms with Crippen LogP contribution >= 0.6 is 0 Å². The van der Waals surface area contributed by atoms with E-state index < -0.39 is 24.0 Å². The third-order valence-electron chi connectivity index (χ3n) is 2.36. The quantitative estimate of drug-likeness (QED) is 0.481. The highest BCUT2D eigenvalue weighted by Crippen LogP contribution is 2.38. The van der Waals surface area contributed by atoms with E-state index in [0.29, 0.717) is 0 Å². The van der Waals surface area contributed by atoms with Gasteiger partial charge >= 0.3 is 5.72 Å². The van der Waals surface area contributed by atoms with Gasteiger partial charge < -0.3 is 14.9 Å². The first-order valence-corrected chi connectivity index (χ1v) is 3.74. The van der Waals surface area contributed by atoms with Crippen molar-refractivity contribution in [2.24, 2.45) is 0 Å². The van der Waals surface area contributed by atoms with Crippen molar-refractivity contribution in [1.82, 2.24) is 0 Å². The standard InChI is InChI=1S/C7H10NO4/c1-8-7-5(10)3-11-6(7)4(9)2-12-7/h1,4-6,9-10H,2-3H2/q+1/t4-,5-,6-,7-/m0/s1. The van der Waals surface area contributed by atoms with Crippen LogP contribution < -0.4 is 0 Å². The lowest BCUT2D eigenvalue weighted by Crippen LogP contribution is -2.43. The van der Waals surface area contributed by atoms with E-state index in [1.165, 1.54) is 0 Å². The van der Waals surface area contributed by atoms with E-state index in [9.17, 15) is 10.2 Å². The summed E-state index contributed by atoms with van der Waals surface area (Å²) in [5.41, 5.74) is -1.24. The van der Waals surface area contributed by atoms with Crippen molar-refractivity contribution in [3.8, 4) is 6.57 Å². The molecule has 0 saturated carbocycles. The van der Waals surface area contributed by atoms with Crippen molar-refractivity contribution in [3.63, 3.8) is 0 Å². The maximum Gasteiger partial charge on any atom is 0.441 e. The Hall–Kier alpha value is -0.670. The highest BCUT2D eigenvalue weighted by Gasteiger charge is 2.69. The van der Waals surface area contributed by atoms with E-state index in [2.05, 4.69) is 4.85 Å². The van der Waals surface area contributed by atoms with Crippen molar-refractivity contribution in [3.05, 3.63) is 4.85 Å². The highest BCUT2D eigenvalue weighted by atomic mass is 16.6. The molecule has 0 spiro atoms. The Morgan fingerprint density at radius 2 is 2.17 bits per heavy atom.